The van der Waals surface area contributed by atoms with E-state index in [1.807, 2.05) is 6.07 Å². The van der Waals surface area contributed by atoms with Gasteiger partial charge in [0.2, 0.25) is 0 Å². The van der Waals surface area contributed by atoms with Gasteiger partial charge >= 0.3 is 0 Å². The molecule has 0 bridgehead atoms. The number of rotatable bonds is 0. The molecule has 2 rings (SSSR count). The van der Waals surface area contributed by atoms with Crippen LogP contribution in [-0.4, -0.2) is 6.54 Å². The van der Waals surface area contributed by atoms with Crippen molar-refractivity contribution < 1.29 is 4.39 Å². The van der Waals surface area contributed by atoms with E-state index < -0.39 is 0 Å². The topological polar surface area (TPSA) is 12.0 Å². The molecule has 0 fully saturated rings. The van der Waals surface area contributed by atoms with E-state index in [0.29, 0.717) is 3.57 Å². The molecular weight excluding hydrogens is 292 g/mol. The Morgan fingerprint density at radius 3 is 2.86 bits per heavy atom. The standard InChI is InChI=1S/C11H13FIN/c1-11(2)5-6-14-10-7(11)3-4-8(12)9(10)13/h3-4,14H,5-6H2,1-2H3. The molecular formula is C11H13FIN. The lowest BCUT2D eigenvalue weighted by Crippen LogP contribution is -2.29. The van der Waals surface area contributed by atoms with E-state index in [1.54, 1.807) is 6.07 Å². The van der Waals surface area contributed by atoms with Crippen molar-refractivity contribution >= 4 is 28.3 Å². The fraction of sp³-hybridized carbons (Fsp3) is 0.455. The van der Waals surface area contributed by atoms with Crippen molar-refractivity contribution in [2.45, 2.75) is 25.7 Å². The number of halogens is 2. The molecule has 0 radical (unpaired) electrons. The lowest BCUT2D eigenvalue weighted by molar-refractivity contribution is 0.479. The summed E-state index contributed by atoms with van der Waals surface area (Å²) < 4.78 is 14.0. The first-order valence-electron chi connectivity index (χ1n) is 4.75. The van der Waals surface area contributed by atoms with Crippen molar-refractivity contribution in [2.75, 3.05) is 11.9 Å². The third-order valence-corrected chi connectivity index (χ3v) is 3.93. The van der Waals surface area contributed by atoms with Gasteiger partial charge in [0.05, 0.1) is 9.26 Å². The van der Waals surface area contributed by atoms with Gasteiger partial charge < -0.3 is 5.32 Å². The van der Waals surface area contributed by atoms with Crippen LogP contribution in [-0.2, 0) is 5.41 Å². The van der Waals surface area contributed by atoms with Crippen molar-refractivity contribution in [2.24, 2.45) is 0 Å². The Hall–Kier alpha value is -0.320. The number of nitrogens with one attached hydrogen (secondary N) is 1. The smallest absolute Gasteiger partial charge is 0.138 e. The Kier molecular flexibility index (Phi) is 2.45. The number of hydrogen-bond acceptors (Lipinski definition) is 1. The summed E-state index contributed by atoms with van der Waals surface area (Å²) in [7, 11) is 0. The van der Waals surface area contributed by atoms with Gasteiger partial charge in [-0.15, -0.1) is 0 Å². The summed E-state index contributed by atoms with van der Waals surface area (Å²) in [6.07, 6.45) is 1.10. The fourth-order valence-electron chi connectivity index (χ4n) is 1.92. The highest BCUT2D eigenvalue weighted by molar-refractivity contribution is 14.1. The minimum atomic E-state index is -0.130. The Balaban J connectivity index is 2.62. The van der Waals surface area contributed by atoms with Crippen LogP contribution in [0.15, 0.2) is 12.1 Å². The third kappa shape index (κ3) is 1.51. The van der Waals surface area contributed by atoms with E-state index in [0.717, 1.165) is 18.7 Å². The van der Waals surface area contributed by atoms with Crippen molar-refractivity contribution in [1.82, 2.24) is 0 Å². The van der Waals surface area contributed by atoms with E-state index in [-0.39, 0.29) is 11.2 Å². The molecule has 0 saturated carbocycles. The highest BCUT2D eigenvalue weighted by Crippen LogP contribution is 2.39. The van der Waals surface area contributed by atoms with E-state index >= 15 is 0 Å². The largest absolute Gasteiger partial charge is 0.384 e. The Morgan fingerprint density at radius 2 is 2.14 bits per heavy atom. The molecule has 1 heterocycles. The van der Waals surface area contributed by atoms with E-state index in [1.165, 1.54) is 5.56 Å². The zero-order valence-corrected chi connectivity index (χ0v) is 10.5. The molecule has 76 valence electrons. The fourth-order valence-corrected chi connectivity index (χ4v) is 2.58. The van der Waals surface area contributed by atoms with Gasteiger partial charge in [0.1, 0.15) is 5.82 Å². The number of benzene rings is 1. The summed E-state index contributed by atoms with van der Waals surface area (Å²) in [6.45, 7) is 5.35. The quantitative estimate of drug-likeness (QED) is 0.723. The van der Waals surface area contributed by atoms with Crippen molar-refractivity contribution in [1.29, 1.82) is 0 Å². The van der Waals surface area contributed by atoms with Gasteiger partial charge in [0.15, 0.2) is 0 Å². The molecule has 1 aromatic rings. The first-order chi connectivity index (χ1) is 6.52. The van der Waals surface area contributed by atoms with Gasteiger partial charge in [-0.05, 0) is 46.1 Å². The van der Waals surface area contributed by atoms with Crippen LogP contribution in [0, 0.1) is 9.39 Å². The molecule has 0 spiro atoms. The maximum atomic E-state index is 13.3. The van der Waals surface area contributed by atoms with Crippen molar-refractivity contribution in [3.8, 4) is 0 Å². The maximum absolute atomic E-state index is 13.3. The molecule has 3 heteroatoms. The van der Waals surface area contributed by atoms with E-state index in [4.69, 9.17) is 0 Å². The molecule has 0 amide bonds. The minimum Gasteiger partial charge on any atom is -0.384 e. The van der Waals surface area contributed by atoms with Gasteiger partial charge in [-0.3, -0.25) is 0 Å². The van der Waals surface area contributed by atoms with Crippen LogP contribution in [0.5, 0.6) is 0 Å². The van der Waals surface area contributed by atoms with Crippen LogP contribution in [0.4, 0.5) is 10.1 Å². The first-order valence-corrected chi connectivity index (χ1v) is 5.82. The van der Waals surface area contributed by atoms with Crippen LogP contribution < -0.4 is 5.32 Å². The van der Waals surface area contributed by atoms with E-state index in [2.05, 4.69) is 41.8 Å². The molecule has 1 N–H and O–H groups in total. The maximum Gasteiger partial charge on any atom is 0.138 e. The summed E-state index contributed by atoms with van der Waals surface area (Å²) in [5.74, 6) is -0.130. The Bertz CT molecular complexity index is 374. The van der Waals surface area contributed by atoms with Crippen LogP contribution in [0.25, 0.3) is 0 Å². The second-order valence-corrected chi connectivity index (χ2v) is 5.42. The predicted octanol–water partition coefficient (Wildman–Crippen LogP) is 3.52. The molecule has 14 heavy (non-hydrogen) atoms. The van der Waals surface area contributed by atoms with Crippen molar-refractivity contribution in [3.05, 3.63) is 27.1 Å². The van der Waals surface area contributed by atoms with Crippen LogP contribution in [0.1, 0.15) is 25.8 Å². The molecule has 0 atom stereocenters. The zero-order chi connectivity index (χ0) is 10.3. The summed E-state index contributed by atoms with van der Waals surface area (Å²) >= 11 is 2.07. The second kappa shape index (κ2) is 3.36. The normalized spacial score (nSPS) is 18.6. The van der Waals surface area contributed by atoms with Crippen molar-refractivity contribution in [3.63, 3.8) is 0 Å². The Labute approximate surface area is 97.2 Å². The first kappa shape index (κ1) is 10.2. The summed E-state index contributed by atoms with van der Waals surface area (Å²) in [5, 5.41) is 3.28. The molecule has 0 aromatic heterocycles. The average Bonchev–Trinajstić information content (AvgIpc) is 2.11. The average molecular weight is 305 g/mol. The molecule has 1 nitrogen and oxygen atoms in total. The number of fused-ring (bicyclic) bond motifs is 1. The molecule has 1 aliphatic rings. The van der Waals surface area contributed by atoms with Crippen LogP contribution in [0.2, 0.25) is 0 Å². The Morgan fingerprint density at radius 1 is 1.43 bits per heavy atom. The lowest BCUT2D eigenvalue weighted by atomic mass is 9.78. The van der Waals surface area contributed by atoms with Crippen LogP contribution >= 0.6 is 22.6 Å². The zero-order valence-electron chi connectivity index (χ0n) is 8.32. The van der Waals surface area contributed by atoms with E-state index in [9.17, 15) is 4.39 Å². The van der Waals surface area contributed by atoms with Gasteiger partial charge in [0.25, 0.3) is 0 Å². The minimum absolute atomic E-state index is 0.130. The summed E-state index contributed by atoms with van der Waals surface area (Å²) in [5.41, 5.74) is 2.38. The SMILES string of the molecule is CC1(C)CCNc2c1ccc(F)c2I. The molecule has 0 aliphatic carbocycles. The molecule has 1 aliphatic heterocycles. The van der Waals surface area contributed by atoms with Gasteiger partial charge in [-0.1, -0.05) is 19.9 Å². The van der Waals surface area contributed by atoms with Gasteiger partial charge in [0, 0.05) is 6.54 Å². The molecule has 0 unspecified atom stereocenters. The number of hydrogen-bond donors (Lipinski definition) is 1. The second-order valence-electron chi connectivity index (χ2n) is 4.34. The monoisotopic (exact) mass is 305 g/mol. The number of anilines is 1. The molecule has 0 saturated heterocycles. The summed E-state index contributed by atoms with van der Waals surface area (Å²) in [4.78, 5) is 0. The van der Waals surface area contributed by atoms with Gasteiger partial charge in [-0.25, -0.2) is 4.39 Å². The molecule has 1 aromatic carbocycles. The van der Waals surface area contributed by atoms with Crippen LogP contribution in [0.3, 0.4) is 0 Å². The van der Waals surface area contributed by atoms with Gasteiger partial charge in [-0.2, -0.15) is 0 Å². The lowest BCUT2D eigenvalue weighted by Gasteiger charge is -2.33. The highest BCUT2D eigenvalue weighted by atomic mass is 127. The highest BCUT2D eigenvalue weighted by Gasteiger charge is 2.29. The predicted molar refractivity (Wildman–Crippen MR) is 65.2 cm³/mol. The third-order valence-electron chi connectivity index (χ3n) is 2.88. The summed E-state index contributed by atoms with van der Waals surface area (Å²) in [6, 6.07) is 3.47.